The van der Waals surface area contributed by atoms with Gasteiger partial charge in [0.05, 0.1) is 12.3 Å². The third-order valence-corrected chi connectivity index (χ3v) is 6.08. The number of nitrogens with zero attached hydrogens (tertiary/aromatic N) is 2. The summed E-state index contributed by atoms with van der Waals surface area (Å²) in [6.45, 7) is -2.50. The van der Waals surface area contributed by atoms with Gasteiger partial charge in [-0.3, -0.25) is 0 Å². The number of fused-ring (bicyclic) bond motifs is 1. The molecule has 33 heavy (non-hydrogen) atoms. The number of halogens is 2. The zero-order valence-corrected chi connectivity index (χ0v) is 17.9. The zero-order chi connectivity index (χ0) is 22.8. The van der Waals surface area contributed by atoms with Crippen LogP contribution in [-0.4, -0.2) is 29.9 Å². The molecule has 1 aliphatic carbocycles. The Balaban J connectivity index is 1.40. The van der Waals surface area contributed by atoms with E-state index >= 15 is 0 Å². The van der Waals surface area contributed by atoms with Gasteiger partial charge >= 0.3 is 12.6 Å². The van der Waals surface area contributed by atoms with E-state index in [-0.39, 0.29) is 17.7 Å². The van der Waals surface area contributed by atoms with Gasteiger partial charge in [-0.15, -0.1) is 0 Å². The number of hydrazone groups is 1. The number of nitrogens with one attached hydrogen (secondary N) is 1. The first kappa shape index (κ1) is 21.1. The average molecular weight is 447 g/mol. The molecule has 0 saturated heterocycles. The van der Waals surface area contributed by atoms with Gasteiger partial charge < -0.3 is 10.1 Å². The molecule has 168 valence electrons. The number of rotatable bonds is 5. The molecule has 1 atom stereocenters. The standard InChI is InChI=1S/C26H23F2N3O2/c27-25(28)33-22-13-10-19(11-14-22)24-23(18-5-2-1-3-6-18)16-31(30-24)26(32)29-21-12-9-17-7-4-8-20(17)15-21/h1-3,5-6,9-15,23,25H,4,7-8,16H2,(H,29,32)/t23-/m1/s1. The fourth-order valence-corrected chi connectivity index (χ4v) is 4.48. The lowest BCUT2D eigenvalue weighted by atomic mass is 9.90. The topological polar surface area (TPSA) is 53.9 Å². The molecular formula is C26H23F2N3O2. The minimum Gasteiger partial charge on any atom is -0.435 e. The molecule has 0 unspecified atom stereocenters. The number of benzene rings is 3. The van der Waals surface area contributed by atoms with Gasteiger partial charge in [0, 0.05) is 11.6 Å². The molecule has 1 heterocycles. The molecular weight excluding hydrogens is 424 g/mol. The second-order valence-electron chi connectivity index (χ2n) is 8.20. The van der Waals surface area contributed by atoms with Crippen LogP contribution in [0.5, 0.6) is 5.75 Å². The minimum atomic E-state index is -2.88. The summed E-state index contributed by atoms with van der Waals surface area (Å²) in [6.07, 6.45) is 3.27. The first-order valence-corrected chi connectivity index (χ1v) is 11.0. The molecule has 1 aliphatic heterocycles. The lowest BCUT2D eigenvalue weighted by molar-refractivity contribution is -0.0498. The smallest absolute Gasteiger partial charge is 0.387 e. The molecule has 5 nitrogen and oxygen atoms in total. The molecule has 0 saturated carbocycles. The van der Waals surface area contributed by atoms with E-state index in [0.717, 1.165) is 36.1 Å². The highest BCUT2D eigenvalue weighted by Crippen LogP contribution is 2.31. The third kappa shape index (κ3) is 4.58. The maximum Gasteiger partial charge on any atom is 0.387 e. The van der Waals surface area contributed by atoms with Crippen molar-refractivity contribution in [2.24, 2.45) is 5.10 Å². The maximum absolute atomic E-state index is 13.0. The van der Waals surface area contributed by atoms with Crippen molar-refractivity contribution in [3.63, 3.8) is 0 Å². The van der Waals surface area contributed by atoms with E-state index in [4.69, 9.17) is 0 Å². The first-order chi connectivity index (χ1) is 16.1. The summed E-state index contributed by atoms with van der Waals surface area (Å²) in [7, 11) is 0. The maximum atomic E-state index is 13.0. The average Bonchev–Trinajstić information content (AvgIpc) is 3.47. The highest BCUT2D eigenvalue weighted by atomic mass is 19.3. The Morgan fingerprint density at radius 1 is 1.00 bits per heavy atom. The van der Waals surface area contributed by atoms with Gasteiger partial charge in [-0.2, -0.15) is 13.9 Å². The first-order valence-electron chi connectivity index (χ1n) is 11.0. The van der Waals surface area contributed by atoms with Crippen molar-refractivity contribution >= 4 is 17.4 Å². The second kappa shape index (κ2) is 9.02. The molecule has 0 bridgehead atoms. The third-order valence-electron chi connectivity index (χ3n) is 6.08. The van der Waals surface area contributed by atoms with E-state index in [1.807, 2.05) is 42.5 Å². The van der Waals surface area contributed by atoms with E-state index in [9.17, 15) is 13.6 Å². The van der Waals surface area contributed by atoms with Crippen LogP contribution in [0, 0.1) is 0 Å². The molecule has 0 aromatic heterocycles. The molecule has 7 heteroatoms. The lowest BCUT2D eigenvalue weighted by Crippen LogP contribution is -2.30. The van der Waals surface area contributed by atoms with Gasteiger partial charge in [-0.05, 0) is 77.9 Å². The Bertz CT molecular complexity index is 1180. The number of carbonyl (C=O) groups is 1. The van der Waals surface area contributed by atoms with Crippen LogP contribution in [-0.2, 0) is 12.8 Å². The predicted octanol–water partition coefficient (Wildman–Crippen LogP) is 5.81. The molecule has 0 fully saturated rings. The summed E-state index contributed by atoms with van der Waals surface area (Å²) >= 11 is 0. The summed E-state index contributed by atoms with van der Waals surface area (Å²) in [4.78, 5) is 13.0. The van der Waals surface area contributed by atoms with Crippen molar-refractivity contribution in [3.05, 3.63) is 95.1 Å². The van der Waals surface area contributed by atoms with Crippen LogP contribution >= 0.6 is 0 Å². The van der Waals surface area contributed by atoms with Crippen LogP contribution in [0.1, 0.15) is 34.6 Å². The number of hydrogen-bond donors (Lipinski definition) is 1. The van der Waals surface area contributed by atoms with Crippen molar-refractivity contribution in [2.45, 2.75) is 31.8 Å². The molecule has 2 aliphatic rings. The van der Waals surface area contributed by atoms with Gasteiger partial charge in [0.1, 0.15) is 5.75 Å². The summed E-state index contributed by atoms with van der Waals surface area (Å²) in [5, 5.41) is 9.02. The van der Waals surface area contributed by atoms with Gasteiger partial charge in [-0.25, -0.2) is 9.80 Å². The predicted molar refractivity (Wildman–Crippen MR) is 123 cm³/mol. The van der Waals surface area contributed by atoms with Crippen LogP contribution in [0.25, 0.3) is 0 Å². The van der Waals surface area contributed by atoms with Crippen LogP contribution in [0.3, 0.4) is 0 Å². The summed E-state index contributed by atoms with van der Waals surface area (Å²) in [6, 6.07) is 21.9. The Kier molecular flexibility index (Phi) is 5.77. The molecule has 3 aromatic carbocycles. The lowest BCUT2D eigenvalue weighted by Gasteiger charge is -2.16. The molecule has 1 N–H and O–H groups in total. The van der Waals surface area contributed by atoms with E-state index in [1.165, 1.54) is 28.3 Å². The number of carbonyl (C=O) groups excluding carboxylic acids is 1. The quantitative estimate of drug-likeness (QED) is 0.536. The largest absolute Gasteiger partial charge is 0.435 e. The van der Waals surface area contributed by atoms with Crippen LogP contribution < -0.4 is 10.1 Å². The van der Waals surface area contributed by atoms with E-state index < -0.39 is 6.61 Å². The number of alkyl halides is 2. The summed E-state index contributed by atoms with van der Waals surface area (Å²) < 4.78 is 29.5. The fourth-order valence-electron chi connectivity index (χ4n) is 4.48. The number of anilines is 1. The van der Waals surface area contributed by atoms with E-state index in [1.54, 1.807) is 12.1 Å². The molecule has 0 radical (unpaired) electrons. The highest BCUT2D eigenvalue weighted by molar-refractivity contribution is 6.08. The van der Waals surface area contributed by atoms with Gasteiger partial charge in [0.2, 0.25) is 0 Å². The molecule has 5 rings (SSSR count). The molecule has 3 aromatic rings. The highest BCUT2D eigenvalue weighted by Gasteiger charge is 2.32. The fraction of sp³-hybridized carbons (Fsp3) is 0.231. The Morgan fingerprint density at radius 2 is 1.76 bits per heavy atom. The Hall–Kier alpha value is -3.74. The number of urea groups is 1. The SMILES string of the molecule is O=C(Nc1ccc2c(c1)CCC2)N1C[C@H](c2ccccc2)C(c2ccc(OC(F)F)cc2)=N1. The van der Waals surface area contributed by atoms with E-state index in [0.29, 0.717) is 12.3 Å². The van der Waals surface area contributed by atoms with Crippen molar-refractivity contribution in [1.29, 1.82) is 0 Å². The minimum absolute atomic E-state index is 0.0785. The van der Waals surface area contributed by atoms with Crippen LogP contribution in [0.15, 0.2) is 77.9 Å². The van der Waals surface area contributed by atoms with E-state index in [2.05, 4.69) is 21.2 Å². The normalized spacial score (nSPS) is 17.1. The summed E-state index contributed by atoms with van der Waals surface area (Å²) in [5.74, 6) is -0.0614. The number of hydrogen-bond acceptors (Lipinski definition) is 3. The Labute approximate surface area is 190 Å². The van der Waals surface area contributed by atoms with Crippen molar-refractivity contribution in [3.8, 4) is 5.75 Å². The zero-order valence-electron chi connectivity index (χ0n) is 17.9. The summed E-state index contributed by atoms with van der Waals surface area (Å²) in [5.41, 5.74) is 5.86. The second-order valence-corrected chi connectivity index (χ2v) is 8.20. The van der Waals surface area contributed by atoms with Crippen LogP contribution in [0.2, 0.25) is 0 Å². The monoisotopic (exact) mass is 447 g/mol. The number of ether oxygens (including phenoxy) is 1. The number of amides is 2. The van der Waals surface area contributed by atoms with Gasteiger partial charge in [0.15, 0.2) is 0 Å². The Morgan fingerprint density at radius 3 is 2.52 bits per heavy atom. The van der Waals surface area contributed by atoms with Crippen molar-refractivity contribution < 1.29 is 18.3 Å². The van der Waals surface area contributed by atoms with Gasteiger partial charge in [-0.1, -0.05) is 36.4 Å². The molecule has 0 spiro atoms. The molecule has 2 amide bonds. The van der Waals surface area contributed by atoms with Crippen molar-refractivity contribution in [2.75, 3.05) is 11.9 Å². The van der Waals surface area contributed by atoms with Crippen LogP contribution in [0.4, 0.5) is 19.3 Å². The van der Waals surface area contributed by atoms with Crippen molar-refractivity contribution in [1.82, 2.24) is 5.01 Å². The number of aryl methyl sites for hydroxylation is 2. The van der Waals surface area contributed by atoms with Gasteiger partial charge in [0.25, 0.3) is 0 Å².